The third-order valence-corrected chi connectivity index (χ3v) is 5.42. The van der Waals surface area contributed by atoms with Crippen molar-refractivity contribution >= 4 is 31.5 Å². The maximum atomic E-state index is 12.9. The summed E-state index contributed by atoms with van der Waals surface area (Å²) in [6.07, 6.45) is 1.48. The van der Waals surface area contributed by atoms with E-state index in [1.165, 1.54) is 0 Å². The molecule has 0 aliphatic rings. The standard InChI is InChI=1S/C19H20O3S/c1-12-11-15(22-10-6-5-9-20)17-18(21)14-7-3-4-8-16(14)23-19(17)13(12)2/h3-4,7-8,11,20H,5-6,9-10H2,1-2H3. The molecule has 2 aromatic carbocycles. The zero-order valence-electron chi connectivity index (χ0n) is 13.4. The van der Waals surface area contributed by atoms with Crippen molar-refractivity contribution in [3.63, 3.8) is 0 Å². The van der Waals surface area contributed by atoms with E-state index in [-0.39, 0.29) is 12.0 Å². The molecular formula is C19H20O3S. The van der Waals surface area contributed by atoms with Crippen LogP contribution in [0.2, 0.25) is 0 Å². The molecule has 0 atom stereocenters. The number of fused-ring (bicyclic) bond motifs is 2. The first kappa shape index (κ1) is 16.0. The van der Waals surface area contributed by atoms with Gasteiger partial charge < -0.3 is 9.84 Å². The summed E-state index contributed by atoms with van der Waals surface area (Å²) in [5, 5.41) is 10.3. The highest BCUT2D eigenvalue weighted by molar-refractivity contribution is 7.24. The zero-order chi connectivity index (χ0) is 16.4. The zero-order valence-corrected chi connectivity index (χ0v) is 14.2. The van der Waals surface area contributed by atoms with Crippen LogP contribution in [-0.4, -0.2) is 18.3 Å². The maximum Gasteiger partial charge on any atom is 0.199 e. The fraction of sp³-hybridized carbons (Fsp3) is 0.316. The van der Waals surface area contributed by atoms with Gasteiger partial charge in [-0.1, -0.05) is 12.1 Å². The fourth-order valence-corrected chi connectivity index (χ4v) is 3.94. The summed E-state index contributed by atoms with van der Waals surface area (Å²) >= 11 is 1.64. The number of benzene rings is 2. The van der Waals surface area contributed by atoms with Crippen LogP contribution in [0.3, 0.4) is 0 Å². The molecule has 3 aromatic rings. The minimum absolute atomic E-state index is 0.0367. The van der Waals surface area contributed by atoms with Gasteiger partial charge in [-0.2, -0.15) is 0 Å². The normalized spacial score (nSPS) is 11.3. The molecule has 0 fully saturated rings. The van der Waals surface area contributed by atoms with Crippen molar-refractivity contribution in [3.8, 4) is 5.75 Å². The monoisotopic (exact) mass is 328 g/mol. The number of aliphatic hydroxyl groups is 1. The van der Waals surface area contributed by atoms with Crippen molar-refractivity contribution in [1.82, 2.24) is 0 Å². The van der Waals surface area contributed by atoms with Gasteiger partial charge in [0.15, 0.2) is 5.43 Å². The third kappa shape index (κ3) is 2.96. The van der Waals surface area contributed by atoms with Crippen molar-refractivity contribution in [2.75, 3.05) is 13.2 Å². The van der Waals surface area contributed by atoms with Crippen LogP contribution in [0.1, 0.15) is 24.0 Å². The summed E-state index contributed by atoms with van der Waals surface area (Å²) in [6.45, 7) is 4.77. The molecule has 0 aliphatic heterocycles. The molecule has 1 N–H and O–H groups in total. The maximum absolute atomic E-state index is 12.9. The highest BCUT2D eigenvalue weighted by atomic mass is 32.1. The van der Waals surface area contributed by atoms with E-state index >= 15 is 0 Å². The summed E-state index contributed by atoms with van der Waals surface area (Å²) in [5.74, 6) is 0.660. The van der Waals surface area contributed by atoms with Crippen LogP contribution in [-0.2, 0) is 0 Å². The molecule has 0 aliphatic carbocycles. The van der Waals surface area contributed by atoms with Crippen molar-refractivity contribution in [3.05, 3.63) is 51.7 Å². The first-order chi connectivity index (χ1) is 11.1. The van der Waals surface area contributed by atoms with Gasteiger partial charge in [0.1, 0.15) is 5.75 Å². The molecule has 1 aromatic heterocycles. The van der Waals surface area contributed by atoms with Crippen LogP contribution in [0.25, 0.3) is 20.2 Å². The van der Waals surface area contributed by atoms with Gasteiger partial charge in [0.25, 0.3) is 0 Å². The van der Waals surface area contributed by atoms with Gasteiger partial charge in [0.05, 0.1) is 12.0 Å². The molecular weight excluding hydrogens is 308 g/mol. The number of aryl methyl sites for hydroxylation is 2. The van der Waals surface area contributed by atoms with Crippen LogP contribution in [0.15, 0.2) is 35.1 Å². The van der Waals surface area contributed by atoms with Crippen LogP contribution in [0.4, 0.5) is 0 Å². The van der Waals surface area contributed by atoms with E-state index in [0.717, 1.165) is 32.3 Å². The second-order valence-electron chi connectivity index (χ2n) is 5.73. The van der Waals surface area contributed by atoms with Gasteiger partial charge >= 0.3 is 0 Å². The predicted octanol–water partition coefficient (Wildman–Crippen LogP) is 4.18. The SMILES string of the molecule is Cc1cc(OCCCCO)c2c(=O)c3ccccc3sc2c1C. The molecule has 0 saturated heterocycles. The molecule has 3 rings (SSSR count). The molecule has 0 radical (unpaired) electrons. The average Bonchev–Trinajstić information content (AvgIpc) is 2.56. The molecule has 23 heavy (non-hydrogen) atoms. The van der Waals surface area contributed by atoms with Gasteiger partial charge in [-0.15, -0.1) is 11.3 Å². The average molecular weight is 328 g/mol. The van der Waals surface area contributed by atoms with Gasteiger partial charge in [0, 0.05) is 21.4 Å². The Bertz CT molecular complexity index is 912. The third-order valence-electron chi connectivity index (χ3n) is 4.13. The topological polar surface area (TPSA) is 46.5 Å². The van der Waals surface area contributed by atoms with Crippen LogP contribution in [0, 0.1) is 13.8 Å². The number of hydrogen-bond donors (Lipinski definition) is 1. The molecule has 4 heteroatoms. The van der Waals surface area contributed by atoms with E-state index in [9.17, 15) is 4.79 Å². The lowest BCUT2D eigenvalue weighted by atomic mass is 10.1. The summed E-state index contributed by atoms with van der Waals surface area (Å²) in [7, 11) is 0. The lowest BCUT2D eigenvalue weighted by molar-refractivity contribution is 0.254. The van der Waals surface area contributed by atoms with E-state index in [0.29, 0.717) is 24.2 Å². The summed E-state index contributed by atoms with van der Waals surface area (Å²) in [4.78, 5) is 12.9. The molecule has 1 heterocycles. The van der Waals surface area contributed by atoms with Crippen molar-refractivity contribution in [2.45, 2.75) is 26.7 Å². The Morgan fingerprint density at radius 2 is 1.96 bits per heavy atom. The van der Waals surface area contributed by atoms with Crippen LogP contribution >= 0.6 is 11.3 Å². The minimum Gasteiger partial charge on any atom is -0.493 e. The Kier molecular flexibility index (Phi) is 4.64. The van der Waals surface area contributed by atoms with Gasteiger partial charge in [-0.05, 0) is 56.0 Å². The molecule has 3 nitrogen and oxygen atoms in total. The molecule has 120 valence electrons. The van der Waals surface area contributed by atoms with Crippen molar-refractivity contribution in [2.24, 2.45) is 0 Å². The number of unbranched alkanes of at least 4 members (excludes halogenated alkanes) is 1. The second-order valence-corrected chi connectivity index (χ2v) is 6.78. The first-order valence-corrected chi connectivity index (χ1v) is 8.64. The van der Waals surface area contributed by atoms with E-state index in [1.54, 1.807) is 11.3 Å². The van der Waals surface area contributed by atoms with Gasteiger partial charge in [-0.25, -0.2) is 0 Å². The van der Waals surface area contributed by atoms with Crippen LogP contribution < -0.4 is 10.2 Å². The molecule has 0 bridgehead atoms. The van der Waals surface area contributed by atoms with Crippen LogP contribution in [0.5, 0.6) is 5.75 Å². The van der Waals surface area contributed by atoms with Crippen molar-refractivity contribution < 1.29 is 9.84 Å². The van der Waals surface area contributed by atoms with E-state index in [2.05, 4.69) is 6.92 Å². The van der Waals surface area contributed by atoms with E-state index < -0.39 is 0 Å². The lowest BCUT2D eigenvalue weighted by Crippen LogP contribution is -2.07. The Balaban J connectivity index is 2.21. The van der Waals surface area contributed by atoms with E-state index in [1.807, 2.05) is 37.3 Å². The Hall–Kier alpha value is -1.91. The minimum atomic E-state index is 0.0367. The first-order valence-electron chi connectivity index (χ1n) is 7.83. The van der Waals surface area contributed by atoms with Crippen molar-refractivity contribution in [1.29, 1.82) is 0 Å². The van der Waals surface area contributed by atoms with Gasteiger partial charge in [-0.3, -0.25) is 4.79 Å². The van der Waals surface area contributed by atoms with E-state index in [4.69, 9.17) is 9.84 Å². The molecule has 0 spiro atoms. The molecule has 0 unspecified atom stereocenters. The molecule has 0 saturated carbocycles. The highest BCUT2D eigenvalue weighted by Gasteiger charge is 2.14. The smallest absolute Gasteiger partial charge is 0.199 e. The molecule has 0 amide bonds. The quantitative estimate of drug-likeness (QED) is 0.564. The number of hydrogen-bond acceptors (Lipinski definition) is 4. The summed E-state index contributed by atoms with van der Waals surface area (Å²) < 4.78 is 7.89. The Morgan fingerprint density at radius 1 is 1.17 bits per heavy atom. The number of ether oxygens (including phenoxy) is 1. The summed E-state index contributed by atoms with van der Waals surface area (Å²) in [6, 6.07) is 9.68. The highest BCUT2D eigenvalue weighted by Crippen LogP contribution is 2.34. The Morgan fingerprint density at radius 3 is 2.74 bits per heavy atom. The fourth-order valence-electron chi connectivity index (χ4n) is 2.70. The summed E-state index contributed by atoms with van der Waals surface area (Å²) in [5.41, 5.74) is 2.30. The Labute approximate surface area is 139 Å². The lowest BCUT2D eigenvalue weighted by Gasteiger charge is -2.13. The second kappa shape index (κ2) is 6.69. The predicted molar refractivity (Wildman–Crippen MR) is 96.9 cm³/mol. The largest absolute Gasteiger partial charge is 0.493 e. The number of aliphatic hydroxyl groups excluding tert-OH is 1. The van der Waals surface area contributed by atoms with Gasteiger partial charge in [0.2, 0.25) is 0 Å². The number of rotatable bonds is 5.